The van der Waals surface area contributed by atoms with E-state index < -0.39 is 0 Å². The fourth-order valence-electron chi connectivity index (χ4n) is 0.368. The number of rotatable bonds is 5. The molecule has 0 heterocycles. The summed E-state index contributed by atoms with van der Waals surface area (Å²) in [6, 6.07) is 0. The quantitative estimate of drug-likeness (QED) is 0.427. The molecule has 51 valence electrons. The van der Waals surface area contributed by atoms with Gasteiger partial charge in [0.25, 0.3) is 0 Å². The molecule has 0 aliphatic heterocycles. The van der Waals surface area contributed by atoms with Crippen LogP contribution in [0, 0.1) is 0 Å². The highest BCUT2D eigenvalue weighted by Crippen LogP contribution is 1.71. The topological polar surface area (TPSA) is 39.1 Å². The molecule has 0 aromatic carbocycles. The normalized spacial score (nSPS) is 9.56. The highest BCUT2D eigenvalue weighted by atomic mass is 15.7. The van der Waals surface area contributed by atoms with Gasteiger partial charge in [-0.1, -0.05) is 12.2 Å². The van der Waals surface area contributed by atoms with E-state index in [-0.39, 0.29) is 0 Å². The summed E-state index contributed by atoms with van der Waals surface area (Å²) in [5, 5.41) is 1.20. The van der Waals surface area contributed by atoms with Crippen LogP contribution in [-0.2, 0) is 0 Å². The van der Waals surface area contributed by atoms with Gasteiger partial charge < -0.3 is 0 Å². The molecule has 0 aliphatic carbocycles. The van der Waals surface area contributed by atoms with Crippen molar-refractivity contribution < 1.29 is 0 Å². The summed E-state index contributed by atoms with van der Waals surface area (Å²) in [7, 11) is 0. The van der Waals surface area contributed by atoms with Crippen molar-refractivity contribution in [3.8, 4) is 0 Å². The zero-order valence-corrected chi connectivity index (χ0v) is 5.43. The fraction of sp³-hybridized carbons (Fsp3) is 0.333. The van der Waals surface area contributed by atoms with Crippen molar-refractivity contribution in [3.05, 3.63) is 25.3 Å². The Morgan fingerprint density at radius 3 is 2.56 bits per heavy atom. The average molecular weight is 126 g/mol. The highest BCUT2D eigenvalue weighted by molar-refractivity contribution is 4.71. The minimum Gasteiger partial charge on any atom is -0.236 e. The Labute approximate surface area is 55.8 Å². The van der Waals surface area contributed by atoms with Crippen molar-refractivity contribution in [2.45, 2.75) is 0 Å². The molecule has 0 rings (SSSR count). The first-order chi connectivity index (χ1) is 4.31. The lowest BCUT2D eigenvalue weighted by Crippen LogP contribution is -2.36. The van der Waals surface area contributed by atoms with Crippen LogP contribution in [0.5, 0.6) is 0 Å². The van der Waals surface area contributed by atoms with Gasteiger partial charge in [0.15, 0.2) is 0 Å². The summed E-state index contributed by atoms with van der Waals surface area (Å²) in [6.07, 6.45) is 3.35. The third kappa shape index (κ3) is 5.23. The zero-order chi connectivity index (χ0) is 7.11. The molecule has 0 amide bonds. The van der Waals surface area contributed by atoms with Crippen LogP contribution in [0.1, 0.15) is 0 Å². The lowest BCUT2D eigenvalue weighted by atomic mass is 10.6. The predicted molar refractivity (Wildman–Crippen MR) is 38.2 cm³/mol. The van der Waals surface area contributed by atoms with E-state index in [2.05, 4.69) is 18.6 Å². The first-order valence-corrected chi connectivity index (χ1v) is 2.75. The van der Waals surface area contributed by atoms with Gasteiger partial charge >= 0.3 is 0 Å². The molecule has 0 saturated carbocycles. The van der Waals surface area contributed by atoms with Gasteiger partial charge in [-0.2, -0.15) is 11.0 Å². The second kappa shape index (κ2) is 5.50. The number of nitrogens with one attached hydrogen (secondary N) is 2. The molecule has 0 atom stereocenters. The van der Waals surface area contributed by atoms with E-state index in [1.54, 1.807) is 12.2 Å². The van der Waals surface area contributed by atoms with Crippen LogP contribution in [0.4, 0.5) is 0 Å². The van der Waals surface area contributed by atoms with Crippen molar-refractivity contribution in [1.29, 1.82) is 0 Å². The summed E-state index contributed by atoms with van der Waals surface area (Å²) in [5.74, 6) is 7.08. The van der Waals surface area contributed by atoms with Crippen LogP contribution < -0.4 is 11.3 Å². The smallest absolute Gasteiger partial charge is 0.0480 e. The maximum absolute atomic E-state index is 7.08. The van der Waals surface area contributed by atoms with E-state index in [4.69, 9.17) is 5.84 Å². The van der Waals surface area contributed by atoms with Gasteiger partial charge in [-0.25, -0.2) is 5.43 Å². The highest BCUT2D eigenvalue weighted by Gasteiger charge is 1.89. The van der Waals surface area contributed by atoms with Crippen LogP contribution in [0.15, 0.2) is 25.3 Å². The van der Waals surface area contributed by atoms with Crippen LogP contribution >= 0.6 is 0 Å². The van der Waals surface area contributed by atoms with Crippen molar-refractivity contribution in [3.63, 3.8) is 0 Å². The lowest BCUT2D eigenvalue weighted by Gasteiger charge is -2.11. The summed E-state index contributed by atoms with van der Waals surface area (Å²) in [6.45, 7) is 8.12. The summed E-state index contributed by atoms with van der Waals surface area (Å²) < 4.78 is 0. The average Bonchev–Trinajstić information content (AvgIpc) is 1.85. The fourth-order valence-corrected chi connectivity index (χ4v) is 0.368. The van der Waals surface area contributed by atoms with Gasteiger partial charge in [0.1, 0.15) is 0 Å². The van der Waals surface area contributed by atoms with E-state index in [9.17, 15) is 0 Å². The molecule has 0 aromatic heterocycles. The van der Waals surface area contributed by atoms with Crippen molar-refractivity contribution in [2.24, 2.45) is 0 Å². The molecule has 2 N–H and O–H groups in total. The van der Waals surface area contributed by atoms with Crippen molar-refractivity contribution in [1.82, 2.24) is 16.4 Å². The van der Waals surface area contributed by atoms with Gasteiger partial charge in [0.05, 0.1) is 0 Å². The molecule has 0 fully saturated rings. The van der Waals surface area contributed by atoms with E-state index in [1.807, 2.05) is 0 Å². The third-order valence-corrected chi connectivity index (χ3v) is 0.738. The second-order valence-corrected chi connectivity index (χ2v) is 1.55. The van der Waals surface area contributed by atoms with E-state index >= 15 is 0 Å². The molecule has 1 radical (unpaired) electrons. The Morgan fingerprint density at radius 2 is 2.11 bits per heavy atom. The molecule has 0 unspecified atom stereocenters. The van der Waals surface area contributed by atoms with Crippen LogP contribution in [0.25, 0.3) is 0 Å². The second-order valence-electron chi connectivity index (χ2n) is 1.55. The molecular formula is C6H12N3. The van der Waals surface area contributed by atoms with Gasteiger partial charge in [0.2, 0.25) is 0 Å². The Morgan fingerprint density at radius 1 is 1.44 bits per heavy atom. The monoisotopic (exact) mass is 126 g/mol. The van der Waals surface area contributed by atoms with Crippen LogP contribution in [0.2, 0.25) is 0 Å². The maximum Gasteiger partial charge on any atom is 0.0480 e. The van der Waals surface area contributed by atoms with Gasteiger partial charge in [-0.15, -0.1) is 13.2 Å². The Kier molecular flexibility index (Phi) is 5.11. The van der Waals surface area contributed by atoms with Gasteiger partial charge in [-0.3, -0.25) is 0 Å². The third-order valence-electron chi connectivity index (χ3n) is 0.738. The van der Waals surface area contributed by atoms with Crippen LogP contribution in [-0.4, -0.2) is 18.2 Å². The SMILES string of the molecule is C=CCNN([NH])CC=C. The molecule has 9 heavy (non-hydrogen) atoms. The maximum atomic E-state index is 7.08. The first kappa shape index (κ1) is 8.36. The molecule has 0 bridgehead atoms. The molecular weight excluding hydrogens is 114 g/mol. The van der Waals surface area contributed by atoms with Crippen molar-refractivity contribution >= 4 is 0 Å². The minimum atomic E-state index is 0.522. The van der Waals surface area contributed by atoms with Crippen molar-refractivity contribution in [2.75, 3.05) is 13.1 Å². The Balaban J connectivity index is 3.14. The molecule has 0 saturated heterocycles. The number of hydrogen-bond donors (Lipinski definition) is 1. The van der Waals surface area contributed by atoms with E-state index in [0.29, 0.717) is 13.1 Å². The molecule has 3 nitrogen and oxygen atoms in total. The largest absolute Gasteiger partial charge is 0.236 e. The number of hydrazine groups is 1. The summed E-state index contributed by atoms with van der Waals surface area (Å²) in [4.78, 5) is 0. The Hall–Kier alpha value is -0.640. The van der Waals surface area contributed by atoms with Gasteiger partial charge in [-0.05, 0) is 0 Å². The molecule has 3 heteroatoms. The predicted octanol–water partition coefficient (Wildman–Crippen LogP) is 0.363. The summed E-state index contributed by atoms with van der Waals surface area (Å²) >= 11 is 0. The van der Waals surface area contributed by atoms with Crippen LogP contribution in [0.3, 0.4) is 0 Å². The number of hydrogen-bond acceptors (Lipinski definition) is 2. The van der Waals surface area contributed by atoms with Gasteiger partial charge in [0, 0.05) is 13.1 Å². The van der Waals surface area contributed by atoms with E-state index in [0.717, 1.165) is 0 Å². The Bertz CT molecular complexity index is 90.3. The minimum absolute atomic E-state index is 0.522. The lowest BCUT2D eigenvalue weighted by molar-refractivity contribution is 0.211. The van der Waals surface area contributed by atoms with E-state index in [1.165, 1.54) is 5.12 Å². The summed E-state index contributed by atoms with van der Waals surface area (Å²) in [5.41, 5.74) is 2.74. The molecule has 0 spiro atoms. The molecule has 0 aromatic rings. The number of nitrogens with zero attached hydrogens (tertiary/aromatic N) is 1. The zero-order valence-electron chi connectivity index (χ0n) is 5.43. The first-order valence-electron chi connectivity index (χ1n) is 2.75. The molecule has 0 aliphatic rings. The standard InChI is InChI=1S/C6H12N3/c1-3-5-8-9(7)6-4-2/h3-4,7-8H,1-2,5-6H2.